The number of ether oxygens (including phenoxy) is 4. The molecule has 0 aliphatic heterocycles. The van der Waals surface area contributed by atoms with E-state index < -0.39 is 28.4 Å². The molecule has 16 heteroatoms. The second-order valence-electron chi connectivity index (χ2n) is 6.23. The summed E-state index contributed by atoms with van der Waals surface area (Å²) in [5.41, 5.74) is 0.0774. The number of amides is 2. The van der Waals surface area contributed by atoms with Crippen molar-refractivity contribution in [3.63, 3.8) is 0 Å². The van der Waals surface area contributed by atoms with Crippen molar-refractivity contribution in [3.8, 4) is 11.8 Å². The van der Waals surface area contributed by atoms with Crippen molar-refractivity contribution in [1.82, 2.24) is 19.7 Å². The molecular formula is C18H21BrFN5O8S. The van der Waals surface area contributed by atoms with Crippen LogP contribution in [0.15, 0.2) is 27.7 Å². The van der Waals surface area contributed by atoms with Crippen LogP contribution in [0.1, 0.15) is 12.1 Å². The number of alkyl halides is 1. The molecule has 0 aliphatic carbocycles. The lowest BCUT2D eigenvalue weighted by molar-refractivity contribution is -0.166. The van der Waals surface area contributed by atoms with E-state index >= 15 is 0 Å². The molecule has 0 bridgehead atoms. The molecule has 0 spiro atoms. The van der Waals surface area contributed by atoms with Gasteiger partial charge in [-0.3, -0.25) is 10.3 Å². The van der Waals surface area contributed by atoms with Crippen LogP contribution in [-0.4, -0.2) is 69.7 Å². The minimum Gasteiger partial charge on any atom is -0.481 e. The Morgan fingerprint density at radius 2 is 1.82 bits per heavy atom. The number of anilines is 1. The number of hydrogen-bond donors (Lipinski definition) is 2. The van der Waals surface area contributed by atoms with Crippen LogP contribution >= 0.6 is 15.9 Å². The van der Waals surface area contributed by atoms with Crippen LogP contribution in [0.4, 0.5) is 15.1 Å². The van der Waals surface area contributed by atoms with Gasteiger partial charge in [-0.05, 0) is 34.8 Å². The number of sulfonamides is 1. The smallest absolute Gasteiger partial charge is 0.368 e. The molecule has 2 aromatic heterocycles. The third-order valence-corrected chi connectivity index (χ3v) is 6.31. The number of nitrogens with one attached hydrogen (secondary N) is 2. The number of methoxy groups -OCH3 is 3. The molecule has 2 N–H and O–H groups in total. The number of aromatic nitrogens is 3. The third kappa shape index (κ3) is 7.46. The SMILES string of the molecule is COc1cc(OC)nc(NC(=O)NS(=O)(=O)c2c(Br)ccnc2CCCOC(=O)C(F)OC)n1. The number of carbonyl (C=O) groups excluding carboxylic acids is 2. The fourth-order valence-electron chi connectivity index (χ4n) is 2.47. The Kier molecular flexibility index (Phi) is 9.88. The largest absolute Gasteiger partial charge is 0.481 e. The first-order valence-electron chi connectivity index (χ1n) is 9.39. The van der Waals surface area contributed by atoms with Crippen LogP contribution in [0.5, 0.6) is 11.8 Å². The number of rotatable bonds is 11. The maximum atomic E-state index is 13.0. The van der Waals surface area contributed by atoms with Gasteiger partial charge in [0.25, 0.3) is 16.4 Å². The lowest BCUT2D eigenvalue weighted by atomic mass is 10.2. The van der Waals surface area contributed by atoms with E-state index in [9.17, 15) is 22.4 Å². The lowest BCUT2D eigenvalue weighted by Gasteiger charge is -2.13. The van der Waals surface area contributed by atoms with Gasteiger partial charge in [0, 0.05) is 17.8 Å². The molecular weight excluding hydrogens is 545 g/mol. The van der Waals surface area contributed by atoms with Crippen molar-refractivity contribution in [1.29, 1.82) is 0 Å². The number of pyridine rings is 1. The molecule has 34 heavy (non-hydrogen) atoms. The number of nitrogens with zero attached hydrogens (tertiary/aromatic N) is 3. The van der Waals surface area contributed by atoms with Gasteiger partial charge in [-0.1, -0.05) is 0 Å². The van der Waals surface area contributed by atoms with E-state index in [1.54, 1.807) is 0 Å². The van der Waals surface area contributed by atoms with Crippen molar-refractivity contribution in [2.24, 2.45) is 0 Å². The van der Waals surface area contributed by atoms with Gasteiger partial charge in [0.05, 0.1) is 32.6 Å². The van der Waals surface area contributed by atoms with E-state index in [0.717, 1.165) is 7.11 Å². The Labute approximate surface area is 202 Å². The molecule has 13 nitrogen and oxygen atoms in total. The van der Waals surface area contributed by atoms with Gasteiger partial charge in [-0.15, -0.1) is 0 Å². The number of halogens is 2. The highest BCUT2D eigenvalue weighted by atomic mass is 79.9. The molecule has 2 heterocycles. The van der Waals surface area contributed by atoms with Gasteiger partial charge >= 0.3 is 12.0 Å². The molecule has 2 rings (SSSR count). The topological polar surface area (TPSA) is 168 Å². The summed E-state index contributed by atoms with van der Waals surface area (Å²) < 4.78 is 59.7. The van der Waals surface area contributed by atoms with Crippen molar-refractivity contribution < 1.29 is 41.3 Å². The zero-order valence-electron chi connectivity index (χ0n) is 18.2. The summed E-state index contributed by atoms with van der Waals surface area (Å²) in [5, 5.41) is 2.19. The minimum absolute atomic E-state index is 0.0325. The molecule has 0 saturated carbocycles. The number of carbonyl (C=O) groups is 2. The zero-order chi connectivity index (χ0) is 25.3. The first-order valence-corrected chi connectivity index (χ1v) is 11.7. The number of aryl methyl sites for hydroxylation is 1. The fraction of sp³-hybridized carbons (Fsp3) is 0.389. The number of hydrogen-bond acceptors (Lipinski definition) is 11. The standard InChI is InChI=1S/C18H21BrFN5O8S/c1-30-12-9-13(31-2)23-17(22-12)24-18(27)25-34(28,29)14-10(19)6-7-21-11(14)5-4-8-33-16(26)15(20)32-3/h6-7,9,15H,4-5,8H2,1-3H3,(H2,22,23,24,25,27). The maximum absolute atomic E-state index is 13.0. The summed E-state index contributed by atoms with van der Waals surface area (Å²) >= 11 is 3.14. The molecule has 0 fully saturated rings. The molecule has 0 radical (unpaired) electrons. The Hall–Kier alpha value is -3.11. The van der Waals surface area contributed by atoms with Crippen LogP contribution in [-0.2, 0) is 30.7 Å². The van der Waals surface area contributed by atoms with Crippen LogP contribution in [0.2, 0.25) is 0 Å². The second kappa shape index (κ2) is 12.4. The normalized spacial score (nSPS) is 11.9. The van der Waals surface area contributed by atoms with Crippen LogP contribution in [0.3, 0.4) is 0 Å². The van der Waals surface area contributed by atoms with Crippen LogP contribution < -0.4 is 19.5 Å². The summed E-state index contributed by atoms with van der Waals surface area (Å²) in [7, 11) is -0.733. The van der Waals surface area contributed by atoms with E-state index in [0.29, 0.717) is 0 Å². The highest BCUT2D eigenvalue weighted by molar-refractivity contribution is 9.10. The predicted molar refractivity (Wildman–Crippen MR) is 118 cm³/mol. The van der Waals surface area contributed by atoms with E-state index in [4.69, 9.17) is 14.2 Å². The van der Waals surface area contributed by atoms with E-state index in [1.165, 1.54) is 32.5 Å². The quantitative estimate of drug-likeness (QED) is 0.299. The van der Waals surface area contributed by atoms with Crippen molar-refractivity contribution in [3.05, 3.63) is 28.5 Å². The fourth-order valence-corrected chi connectivity index (χ4v) is 4.64. The molecule has 0 aromatic carbocycles. The summed E-state index contributed by atoms with van der Waals surface area (Å²) in [4.78, 5) is 35.1. The van der Waals surface area contributed by atoms with E-state index in [-0.39, 0.29) is 52.2 Å². The Morgan fingerprint density at radius 3 is 2.41 bits per heavy atom. The Bertz CT molecular complexity index is 1120. The highest BCUT2D eigenvalue weighted by Crippen LogP contribution is 2.25. The van der Waals surface area contributed by atoms with Crippen molar-refractivity contribution >= 4 is 43.9 Å². The molecule has 1 unspecified atom stereocenters. The number of urea groups is 1. The second-order valence-corrected chi connectivity index (χ2v) is 8.70. The first kappa shape index (κ1) is 27.1. The van der Waals surface area contributed by atoms with Gasteiger partial charge in [0.1, 0.15) is 4.90 Å². The lowest BCUT2D eigenvalue weighted by Crippen LogP contribution is -2.35. The van der Waals surface area contributed by atoms with Crippen molar-refractivity contribution in [2.45, 2.75) is 24.1 Å². The molecule has 1 atom stereocenters. The van der Waals surface area contributed by atoms with Gasteiger partial charge in [-0.25, -0.2) is 27.1 Å². The van der Waals surface area contributed by atoms with Gasteiger partial charge in [0.2, 0.25) is 17.7 Å². The molecule has 0 aliphatic rings. The average molecular weight is 566 g/mol. The summed E-state index contributed by atoms with van der Waals surface area (Å²) in [5.74, 6) is -1.31. The van der Waals surface area contributed by atoms with E-state index in [2.05, 4.69) is 40.9 Å². The molecule has 2 amide bonds. The monoisotopic (exact) mass is 565 g/mol. The van der Waals surface area contributed by atoms with Gasteiger partial charge < -0.3 is 18.9 Å². The average Bonchev–Trinajstić information content (AvgIpc) is 2.80. The molecule has 0 saturated heterocycles. The predicted octanol–water partition coefficient (Wildman–Crippen LogP) is 1.58. The van der Waals surface area contributed by atoms with Crippen LogP contribution in [0, 0.1) is 0 Å². The summed E-state index contributed by atoms with van der Waals surface area (Å²) in [6, 6.07) is 1.58. The molecule has 2 aromatic rings. The van der Waals surface area contributed by atoms with Gasteiger partial charge in [-0.2, -0.15) is 9.97 Å². The first-order chi connectivity index (χ1) is 16.1. The summed E-state index contributed by atoms with van der Waals surface area (Å²) in [6.45, 7) is -0.209. The van der Waals surface area contributed by atoms with Crippen LogP contribution in [0.25, 0.3) is 0 Å². The highest BCUT2D eigenvalue weighted by Gasteiger charge is 2.26. The number of esters is 1. The Balaban J connectivity index is 2.12. The third-order valence-electron chi connectivity index (χ3n) is 3.94. The van der Waals surface area contributed by atoms with Crippen molar-refractivity contribution in [2.75, 3.05) is 33.3 Å². The van der Waals surface area contributed by atoms with E-state index in [1.807, 2.05) is 4.72 Å². The summed E-state index contributed by atoms with van der Waals surface area (Å²) in [6.07, 6.45) is -0.706. The zero-order valence-corrected chi connectivity index (χ0v) is 20.6. The maximum Gasteiger partial charge on any atom is 0.368 e. The van der Waals surface area contributed by atoms with Gasteiger partial charge in [0.15, 0.2) is 0 Å². The Morgan fingerprint density at radius 1 is 1.18 bits per heavy atom. The molecule has 186 valence electrons. The minimum atomic E-state index is -4.42.